The molecule has 0 radical (unpaired) electrons. The number of amides is 1. The van der Waals surface area contributed by atoms with Gasteiger partial charge < -0.3 is 14.8 Å². The Morgan fingerprint density at radius 3 is 2.43 bits per heavy atom. The Balaban J connectivity index is 1.53. The van der Waals surface area contributed by atoms with Gasteiger partial charge >= 0.3 is 5.69 Å². The van der Waals surface area contributed by atoms with Crippen LogP contribution in [-0.4, -0.2) is 37.7 Å². The maximum Gasteiger partial charge on any atom is 0.332 e. The fourth-order valence-electron chi connectivity index (χ4n) is 3.60. The Morgan fingerprint density at radius 2 is 1.75 bits per heavy atom. The molecule has 4 rings (SSSR count). The number of aryl methyl sites for hydroxylation is 1. The minimum atomic E-state index is -0.474. The summed E-state index contributed by atoms with van der Waals surface area (Å²) in [4.78, 5) is 43.3. The number of benzene rings is 1. The van der Waals surface area contributed by atoms with Gasteiger partial charge in [-0.3, -0.25) is 18.7 Å². The van der Waals surface area contributed by atoms with Gasteiger partial charge in [0.25, 0.3) is 5.56 Å². The summed E-state index contributed by atoms with van der Waals surface area (Å²) in [6.07, 6.45) is 3.83. The Morgan fingerprint density at radius 1 is 1.07 bits per heavy atom. The van der Waals surface area contributed by atoms with Crippen LogP contribution in [0.5, 0.6) is 0 Å². The molecule has 1 amide bonds. The number of imidazole rings is 1. The lowest BCUT2D eigenvalue weighted by atomic mass is 10.2. The number of hydrogen-bond donors (Lipinski definition) is 1. The summed E-state index contributed by atoms with van der Waals surface area (Å²) in [6, 6.07) is 7.75. The Bertz CT molecular complexity index is 1150. The topological polar surface area (TPSA) is 94.2 Å². The summed E-state index contributed by atoms with van der Waals surface area (Å²) in [7, 11) is 2.95. The van der Waals surface area contributed by atoms with Crippen LogP contribution in [0.4, 0.5) is 11.4 Å². The number of carbonyl (C=O) groups is 1. The molecule has 0 bridgehead atoms. The number of carbonyl (C=O) groups excluding carboxylic acids is 1. The maximum atomic E-state index is 12.5. The number of aromatic nitrogens is 4. The van der Waals surface area contributed by atoms with Gasteiger partial charge in [-0.2, -0.15) is 0 Å². The highest BCUT2D eigenvalue weighted by atomic mass is 16.2. The predicted octanol–water partition coefficient (Wildman–Crippen LogP) is 0.673. The Kier molecular flexibility index (Phi) is 4.50. The molecule has 1 saturated heterocycles. The molecule has 3 heterocycles. The molecular formula is C19H22N6O3. The molecule has 28 heavy (non-hydrogen) atoms. The fourth-order valence-corrected chi connectivity index (χ4v) is 3.60. The van der Waals surface area contributed by atoms with Gasteiger partial charge in [0.15, 0.2) is 11.2 Å². The van der Waals surface area contributed by atoms with Gasteiger partial charge in [0.2, 0.25) is 5.91 Å². The van der Waals surface area contributed by atoms with Crippen LogP contribution in [0.15, 0.2) is 40.2 Å². The number of anilines is 2. The zero-order chi connectivity index (χ0) is 19.8. The van der Waals surface area contributed by atoms with Crippen LogP contribution in [0, 0.1) is 0 Å². The van der Waals surface area contributed by atoms with Crippen molar-refractivity contribution in [3.8, 4) is 0 Å². The lowest BCUT2D eigenvalue weighted by Gasteiger charge is -2.17. The van der Waals surface area contributed by atoms with E-state index in [9.17, 15) is 14.4 Å². The van der Waals surface area contributed by atoms with Crippen molar-refractivity contribution in [2.24, 2.45) is 14.1 Å². The molecule has 0 atom stereocenters. The first-order valence-electron chi connectivity index (χ1n) is 9.21. The molecule has 1 N–H and O–H groups in total. The molecule has 146 valence electrons. The van der Waals surface area contributed by atoms with Crippen molar-refractivity contribution in [3.63, 3.8) is 0 Å². The minimum absolute atomic E-state index is 0.0716. The molecule has 1 fully saturated rings. The third-order valence-corrected chi connectivity index (χ3v) is 5.15. The third kappa shape index (κ3) is 3.08. The maximum absolute atomic E-state index is 12.5. The van der Waals surface area contributed by atoms with Crippen molar-refractivity contribution in [1.82, 2.24) is 18.7 Å². The Hall–Kier alpha value is -3.36. The molecule has 9 nitrogen and oxygen atoms in total. The zero-order valence-electron chi connectivity index (χ0n) is 15.9. The average Bonchev–Trinajstić information content (AvgIpc) is 3.35. The number of hydrogen-bond acceptors (Lipinski definition) is 5. The van der Waals surface area contributed by atoms with Gasteiger partial charge in [-0.1, -0.05) is 0 Å². The van der Waals surface area contributed by atoms with Crippen LogP contribution in [0.2, 0.25) is 0 Å². The van der Waals surface area contributed by atoms with Crippen molar-refractivity contribution < 1.29 is 4.79 Å². The molecular weight excluding hydrogens is 360 g/mol. The second-order valence-electron chi connectivity index (χ2n) is 7.04. The smallest absolute Gasteiger partial charge is 0.332 e. The quantitative estimate of drug-likeness (QED) is 0.716. The van der Waals surface area contributed by atoms with E-state index in [1.54, 1.807) is 7.05 Å². The van der Waals surface area contributed by atoms with Gasteiger partial charge in [-0.25, -0.2) is 9.78 Å². The van der Waals surface area contributed by atoms with Crippen molar-refractivity contribution in [3.05, 3.63) is 51.4 Å². The summed E-state index contributed by atoms with van der Waals surface area (Å²) in [5.74, 6) is -0.274. The molecule has 1 aliphatic heterocycles. The summed E-state index contributed by atoms with van der Waals surface area (Å²) in [5.41, 5.74) is 1.40. The van der Waals surface area contributed by atoms with Gasteiger partial charge in [-0.05, 0) is 37.1 Å². The van der Waals surface area contributed by atoms with Crippen LogP contribution >= 0.6 is 0 Å². The van der Waals surface area contributed by atoms with Crippen LogP contribution < -0.4 is 21.5 Å². The van der Waals surface area contributed by atoms with E-state index in [2.05, 4.69) is 15.2 Å². The summed E-state index contributed by atoms with van der Waals surface area (Å²) < 4.78 is 3.77. The molecule has 3 aromatic rings. The van der Waals surface area contributed by atoms with Gasteiger partial charge in [0.05, 0.1) is 6.33 Å². The standard InChI is InChI=1S/C19H22N6O3/c1-22-17-16(18(27)23(2)19(22)28)25(12-20-17)11-15(26)21-13-5-7-14(8-6-13)24-9-3-4-10-24/h5-8,12H,3-4,9-11H2,1-2H3,(H,21,26). The first-order chi connectivity index (χ1) is 13.5. The van der Waals surface area contributed by atoms with E-state index >= 15 is 0 Å². The fraction of sp³-hybridized carbons (Fsp3) is 0.368. The largest absolute Gasteiger partial charge is 0.372 e. The van der Waals surface area contributed by atoms with Gasteiger partial charge in [-0.15, -0.1) is 0 Å². The predicted molar refractivity (Wildman–Crippen MR) is 107 cm³/mol. The second kappa shape index (κ2) is 6.99. The van der Waals surface area contributed by atoms with Crippen molar-refractivity contribution in [1.29, 1.82) is 0 Å². The highest BCUT2D eigenvalue weighted by Gasteiger charge is 2.16. The highest BCUT2D eigenvalue weighted by molar-refractivity contribution is 5.91. The second-order valence-corrected chi connectivity index (χ2v) is 7.04. The molecule has 0 unspecified atom stereocenters. The SMILES string of the molecule is Cn1c(=O)c2c(ncn2CC(=O)Nc2ccc(N3CCCC3)cc2)n(C)c1=O. The molecule has 9 heteroatoms. The van der Waals surface area contributed by atoms with Crippen LogP contribution in [0.3, 0.4) is 0 Å². The van der Waals surface area contributed by atoms with E-state index in [1.807, 2.05) is 24.3 Å². The van der Waals surface area contributed by atoms with Crippen LogP contribution in [0.25, 0.3) is 11.2 Å². The van der Waals surface area contributed by atoms with Crippen LogP contribution in [0.1, 0.15) is 12.8 Å². The molecule has 0 aliphatic carbocycles. The van der Waals surface area contributed by atoms with Crippen molar-refractivity contribution in [2.75, 3.05) is 23.3 Å². The van der Waals surface area contributed by atoms with Gasteiger partial charge in [0.1, 0.15) is 6.54 Å². The van der Waals surface area contributed by atoms with Gasteiger partial charge in [0, 0.05) is 38.6 Å². The number of nitrogens with one attached hydrogen (secondary N) is 1. The lowest BCUT2D eigenvalue weighted by molar-refractivity contribution is -0.116. The summed E-state index contributed by atoms with van der Waals surface area (Å²) in [6.45, 7) is 2.06. The number of fused-ring (bicyclic) bond motifs is 1. The molecule has 0 saturated carbocycles. The normalized spacial score (nSPS) is 14.0. The summed E-state index contributed by atoms with van der Waals surface area (Å²) in [5, 5.41) is 2.84. The lowest BCUT2D eigenvalue weighted by Crippen LogP contribution is -2.37. The third-order valence-electron chi connectivity index (χ3n) is 5.15. The summed E-state index contributed by atoms with van der Waals surface area (Å²) >= 11 is 0. The van der Waals surface area contributed by atoms with E-state index in [0.717, 1.165) is 23.3 Å². The zero-order valence-corrected chi connectivity index (χ0v) is 15.9. The van der Waals surface area contributed by atoms with E-state index in [-0.39, 0.29) is 23.6 Å². The number of nitrogens with zero attached hydrogens (tertiary/aromatic N) is 5. The van der Waals surface area contributed by atoms with E-state index < -0.39 is 11.2 Å². The minimum Gasteiger partial charge on any atom is -0.372 e. The molecule has 0 spiro atoms. The highest BCUT2D eigenvalue weighted by Crippen LogP contribution is 2.22. The Labute approximate surface area is 160 Å². The van der Waals surface area contributed by atoms with Crippen molar-refractivity contribution >= 4 is 28.4 Å². The molecule has 2 aromatic heterocycles. The van der Waals surface area contributed by atoms with E-state index in [4.69, 9.17) is 0 Å². The molecule has 1 aliphatic rings. The van der Waals surface area contributed by atoms with Crippen molar-refractivity contribution in [2.45, 2.75) is 19.4 Å². The van der Waals surface area contributed by atoms with E-state index in [0.29, 0.717) is 5.69 Å². The van der Waals surface area contributed by atoms with Crippen LogP contribution in [-0.2, 0) is 25.4 Å². The first-order valence-corrected chi connectivity index (χ1v) is 9.21. The number of rotatable bonds is 4. The average molecular weight is 382 g/mol. The molecule has 1 aromatic carbocycles. The van der Waals surface area contributed by atoms with E-state index in [1.165, 1.54) is 35.4 Å². The monoisotopic (exact) mass is 382 g/mol. The first kappa shape index (κ1) is 18.0.